The number of carbonyl (C=O) groups excluding carboxylic acids is 1. The van der Waals surface area contributed by atoms with Crippen LogP contribution in [-0.4, -0.2) is 11.0 Å². The molecule has 0 aliphatic carbocycles. The van der Waals surface area contributed by atoms with Crippen LogP contribution in [0, 0.1) is 17.0 Å². The SMILES string of the molecule is CC(C)(C)C(=O)Nc1cc(O)c(F)cc1F. The Morgan fingerprint density at radius 3 is 2.31 bits per heavy atom. The summed E-state index contributed by atoms with van der Waals surface area (Å²) in [7, 11) is 0. The molecule has 0 fully saturated rings. The Hall–Kier alpha value is -1.65. The summed E-state index contributed by atoms with van der Waals surface area (Å²) in [6.45, 7) is 4.97. The average molecular weight is 229 g/mol. The van der Waals surface area contributed by atoms with Crippen LogP contribution in [0.4, 0.5) is 14.5 Å². The zero-order valence-corrected chi connectivity index (χ0v) is 9.27. The molecule has 0 aliphatic heterocycles. The van der Waals surface area contributed by atoms with Gasteiger partial charge in [-0.3, -0.25) is 4.79 Å². The van der Waals surface area contributed by atoms with Crippen molar-refractivity contribution in [2.24, 2.45) is 5.41 Å². The van der Waals surface area contributed by atoms with Crippen molar-refractivity contribution in [1.29, 1.82) is 0 Å². The van der Waals surface area contributed by atoms with Crippen molar-refractivity contribution in [3.05, 3.63) is 23.8 Å². The van der Waals surface area contributed by atoms with Crippen LogP contribution in [0.15, 0.2) is 12.1 Å². The predicted octanol–water partition coefficient (Wildman–Crippen LogP) is 2.66. The summed E-state index contributed by atoms with van der Waals surface area (Å²) in [4.78, 5) is 11.5. The number of aromatic hydroxyl groups is 1. The Kier molecular flexibility index (Phi) is 3.16. The molecule has 2 N–H and O–H groups in total. The number of hydrogen-bond acceptors (Lipinski definition) is 2. The smallest absolute Gasteiger partial charge is 0.229 e. The lowest BCUT2D eigenvalue weighted by Crippen LogP contribution is -2.28. The summed E-state index contributed by atoms with van der Waals surface area (Å²) in [6, 6.07) is 1.36. The fourth-order valence-corrected chi connectivity index (χ4v) is 0.943. The maximum absolute atomic E-state index is 13.2. The predicted molar refractivity (Wildman–Crippen MR) is 56.1 cm³/mol. The van der Waals surface area contributed by atoms with Gasteiger partial charge in [0, 0.05) is 17.5 Å². The summed E-state index contributed by atoms with van der Waals surface area (Å²) in [6.07, 6.45) is 0. The Bertz CT molecular complexity index is 425. The largest absolute Gasteiger partial charge is 0.505 e. The van der Waals surface area contributed by atoms with Gasteiger partial charge < -0.3 is 10.4 Å². The standard InChI is InChI=1S/C11H13F2NO2/c1-11(2,3)10(16)14-8-5-9(15)7(13)4-6(8)12/h4-5,15H,1-3H3,(H,14,16). The van der Waals surface area contributed by atoms with E-state index in [2.05, 4.69) is 5.32 Å². The number of nitrogens with one attached hydrogen (secondary N) is 1. The van der Waals surface area contributed by atoms with Gasteiger partial charge in [0.1, 0.15) is 5.82 Å². The molecule has 3 nitrogen and oxygen atoms in total. The fourth-order valence-electron chi connectivity index (χ4n) is 0.943. The first kappa shape index (κ1) is 12.4. The summed E-state index contributed by atoms with van der Waals surface area (Å²) >= 11 is 0. The van der Waals surface area contributed by atoms with Gasteiger partial charge in [0.15, 0.2) is 11.6 Å². The summed E-state index contributed by atoms with van der Waals surface area (Å²) in [5, 5.41) is 11.3. The quantitative estimate of drug-likeness (QED) is 0.777. The molecular weight excluding hydrogens is 216 g/mol. The molecule has 1 rings (SSSR count). The third-order valence-electron chi connectivity index (χ3n) is 1.97. The number of phenols is 1. The third kappa shape index (κ3) is 2.68. The molecule has 0 spiro atoms. The van der Waals surface area contributed by atoms with Crippen LogP contribution in [-0.2, 0) is 4.79 Å². The van der Waals surface area contributed by atoms with Crippen LogP contribution in [0.5, 0.6) is 5.75 Å². The van der Waals surface area contributed by atoms with Gasteiger partial charge in [-0.05, 0) is 0 Å². The minimum atomic E-state index is -1.06. The van der Waals surface area contributed by atoms with Crippen LogP contribution in [0.3, 0.4) is 0 Å². The second kappa shape index (κ2) is 4.08. The van der Waals surface area contributed by atoms with Crippen molar-refractivity contribution in [2.75, 3.05) is 5.32 Å². The van der Waals surface area contributed by atoms with Gasteiger partial charge in [-0.25, -0.2) is 8.78 Å². The van der Waals surface area contributed by atoms with E-state index in [4.69, 9.17) is 5.11 Å². The normalized spacial score (nSPS) is 11.3. The average Bonchev–Trinajstić information content (AvgIpc) is 2.12. The lowest BCUT2D eigenvalue weighted by Gasteiger charge is -2.18. The highest BCUT2D eigenvalue weighted by atomic mass is 19.1. The van der Waals surface area contributed by atoms with Crippen LogP contribution in [0.1, 0.15) is 20.8 Å². The van der Waals surface area contributed by atoms with E-state index in [0.29, 0.717) is 6.07 Å². The highest BCUT2D eigenvalue weighted by Crippen LogP contribution is 2.25. The van der Waals surface area contributed by atoms with Crippen LogP contribution < -0.4 is 5.32 Å². The van der Waals surface area contributed by atoms with E-state index in [1.165, 1.54) is 0 Å². The van der Waals surface area contributed by atoms with Gasteiger partial charge in [0.05, 0.1) is 5.69 Å². The molecule has 1 aromatic carbocycles. The van der Waals surface area contributed by atoms with Gasteiger partial charge >= 0.3 is 0 Å². The van der Waals surface area contributed by atoms with Crippen LogP contribution in [0.25, 0.3) is 0 Å². The van der Waals surface area contributed by atoms with Gasteiger partial charge in [-0.15, -0.1) is 0 Å². The molecule has 0 aromatic heterocycles. The van der Waals surface area contributed by atoms with Crippen molar-refractivity contribution in [3.63, 3.8) is 0 Å². The highest BCUT2D eigenvalue weighted by molar-refractivity contribution is 5.94. The number of hydrogen-bond donors (Lipinski definition) is 2. The molecule has 0 saturated heterocycles. The first-order valence-corrected chi connectivity index (χ1v) is 4.71. The summed E-state index contributed by atoms with van der Waals surface area (Å²) < 4.78 is 25.9. The third-order valence-corrected chi connectivity index (χ3v) is 1.97. The number of anilines is 1. The molecular formula is C11H13F2NO2. The van der Waals surface area contributed by atoms with E-state index < -0.39 is 28.7 Å². The monoisotopic (exact) mass is 229 g/mol. The molecule has 0 saturated carbocycles. The zero-order valence-electron chi connectivity index (χ0n) is 9.27. The number of amides is 1. The van der Waals surface area contributed by atoms with E-state index in [1.54, 1.807) is 20.8 Å². The highest BCUT2D eigenvalue weighted by Gasteiger charge is 2.22. The molecule has 88 valence electrons. The summed E-state index contributed by atoms with van der Waals surface area (Å²) in [5.74, 6) is -3.11. The maximum Gasteiger partial charge on any atom is 0.229 e. The number of halogens is 2. The van der Waals surface area contributed by atoms with Gasteiger partial charge in [-0.2, -0.15) is 0 Å². The van der Waals surface area contributed by atoms with Crippen molar-refractivity contribution in [3.8, 4) is 5.75 Å². The molecule has 0 unspecified atom stereocenters. The van der Waals surface area contributed by atoms with Crippen LogP contribution in [0.2, 0.25) is 0 Å². The zero-order chi connectivity index (χ0) is 12.5. The first-order valence-electron chi connectivity index (χ1n) is 4.71. The molecule has 0 aliphatic rings. The van der Waals surface area contributed by atoms with E-state index >= 15 is 0 Å². The topological polar surface area (TPSA) is 49.3 Å². The lowest BCUT2D eigenvalue weighted by molar-refractivity contribution is -0.123. The van der Waals surface area contributed by atoms with E-state index in [9.17, 15) is 13.6 Å². The molecule has 1 amide bonds. The van der Waals surface area contributed by atoms with Crippen LogP contribution >= 0.6 is 0 Å². The van der Waals surface area contributed by atoms with E-state index in [-0.39, 0.29) is 5.69 Å². The Balaban J connectivity index is 2.99. The fraction of sp³-hybridized carbons (Fsp3) is 0.364. The molecule has 16 heavy (non-hydrogen) atoms. The second-order valence-corrected chi connectivity index (χ2v) is 4.49. The number of phenolic OH excluding ortho intramolecular Hbond substituents is 1. The molecule has 0 bridgehead atoms. The van der Waals surface area contributed by atoms with E-state index in [0.717, 1.165) is 6.07 Å². The van der Waals surface area contributed by atoms with Crippen molar-refractivity contribution < 1.29 is 18.7 Å². The molecule has 5 heteroatoms. The maximum atomic E-state index is 13.2. The van der Waals surface area contributed by atoms with Crippen molar-refractivity contribution >= 4 is 11.6 Å². The Labute approximate surface area is 92.1 Å². The molecule has 0 heterocycles. The number of carbonyl (C=O) groups is 1. The lowest BCUT2D eigenvalue weighted by atomic mass is 9.95. The van der Waals surface area contributed by atoms with Crippen molar-refractivity contribution in [2.45, 2.75) is 20.8 Å². The van der Waals surface area contributed by atoms with Gasteiger partial charge in [-0.1, -0.05) is 20.8 Å². The Morgan fingerprint density at radius 1 is 1.25 bits per heavy atom. The van der Waals surface area contributed by atoms with Gasteiger partial charge in [0.2, 0.25) is 5.91 Å². The minimum Gasteiger partial charge on any atom is -0.505 e. The minimum absolute atomic E-state index is 0.237. The molecule has 0 radical (unpaired) electrons. The van der Waals surface area contributed by atoms with Crippen molar-refractivity contribution in [1.82, 2.24) is 0 Å². The molecule has 0 atom stereocenters. The number of benzene rings is 1. The molecule has 1 aromatic rings. The summed E-state index contributed by atoms with van der Waals surface area (Å²) in [5.41, 5.74) is -0.935. The van der Waals surface area contributed by atoms with E-state index in [1.807, 2.05) is 0 Å². The first-order chi connectivity index (χ1) is 7.21. The Morgan fingerprint density at radius 2 is 1.81 bits per heavy atom. The second-order valence-electron chi connectivity index (χ2n) is 4.49. The number of rotatable bonds is 1. The van der Waals surface area contributed by atoms with Gasteiger partial charge in [0.25, 0.3) is 0 Å².